The van der Waals surface area contributed by atoms with Gasteiger partial charge in [-0.25, -0.2) is 4.98 Å². The van der Waals surface area contributed by atoms with Crippen LogP contribution in [0.25, 0.3) is 72.6 Å². The lowest BCUT2D eigenvalue weighted by Crippen LogP contribution is -2.25. The first-order valence-corrected chi connectivity index (χ1v) is 18.0. The zero-order chi connectivity index (χ0) is 34.2. The van der Waals surface area contributed by atoms with Crippen LogP contribution in [0, 0.1) is 0 Å². The van der Waals surface area contributed by atoms with E-state index in [1.54, 1.807) is 0 Å². The van der Waals surface area contributed by atoms with Crippen LogP contribution in [0.3, 0.4) is 0 Å². The van der Waals surface area contributed by atoms with Crippen molar-refractivity contribution in [3.63, 3.8) is 0 Å². The Hall–Kier alpha value is -6.77. The summed E-state index contributed by atoms with van der Waals surface area (Å²) in [6.45, 7) is 0. The normalized spacial score (nSPS) is 13.2. The monoisotopic (exact) mass is 660 g/mol. The molecule has 1 spiro atoms. The number of para-hydroxylation sites is 2. The zero-order valence-corrected chi connectivity index (χ0v) is 28.4. The van der Waals surface area contributed by atoms with Gasteiger partial charge in [-0.2, -0.15) is 0 Å². The van der Waals surface area contributed by atoms with Gasteiger partial charge in [-0.3, -0.25) is 4.57 Å². The molecule has 0 bridgehead atoms. The SMILES string of the molecule is c1ccc(-c2cccc(-c3nc4ccccc4n3-c3ccc(-c4ccc5c(c4)C4(c6ccccc6-c6ccccc64)c4ccccc4-5)cc3)c2)cc1. The van der Waals surface area contributed by atoms with Crippen LogP contribution < -0.4 is 0 Å². The molecule has 2 aliphatic rings. The zero-order valence-electron chi connectivity index (χ0n) is 28.4. The third-order valence-corrected chi connectivity index (χ3v) is 11.2. The van der Waals surface area contributed by atoms with E-state index >= 15 is 0 Å². The first-order valence-electron chi connectivity index (χ1n) is 18.0. The minimum Gasteiger partial charge on any atom is -0.292 e. The third kappa shape index (κ3) is 4.03. The van der Waals surface area contributed by atoms with Gasteiger partial charge in [0.05, 0.1) is 16.4 Å². The van der Waals surface area contributed by atoms with Crippen molar-refractivity contribution in [1.82, 2.24) is 9.55 Å². The summed E-state index contributed by atoms with van der Waals surface area (Å²) in [4.78, 5) is 5.17. The van der Waals surface area contributed by atoms with Gasteiger partial charge in [0, 0.05) is 11.3 Å². The van der Waals surface area contributed by atoms with Crippen molar-refractivity contribution in [3.05, 3.63) is 216 Å². The lowest BCUT2D eigenvalue weighted by atomic mass is 9.70. The molecule has 0 fully saturated rings. The largest absolute Gasteiger partial charge is 0.292 e. The van der Waals surface area contributed by atoms with E-state index in [1.165, 1.54) is 66.8 Å². The molecule has 9 aromatic rings. The molecule has 0 amide bonds. The van der Waals surface area contributed by atoms with Gasteiger partial charge in [0.2, 0.25) is 0 Å². The van der Waals surface area contributed by atoms with Gasteiger partial charge < -0.3 is 0 Å². The van der Waals surface area contributed by atoms with Crippen molar-refractivity contribution in [1.29, 1.82) is 0 Å². The molecule has 2 nitrogen and oxygen atoms in total. The maximum absolute atomic E-state index is 5.17. The Balaban J connectivity index is 1.05. The Morgan fingerprint density at radius 2 is 0.846 bits per heavy atom. The molecule has 0 N–H and O–H groups in total. The van der Waals surface area contributed by atoms with Gasteiger partial charge >= 0.3 is 0 Å². The van der Waals surface area contributed by atoms with Gasteiger partial charge in [-0.1, -0.05) is 158 Å². The number of imidazole rings is 1. The van der Waals surface area contributed by atoms with E-state index in [2.05, 4.69) is 199 Å². The number of hydrogen-bond acceptors (Lipinski definition) is 1. The van der Waals surface area contributed by atoms with Gasteiger partial charge in [0.15, 0.2) is 0 Å². The van der Waals surface area contributed by atoms with E-state index in [0.717, 1.165) is 28.1 Å². The van der Waals surface area contributed by atoms with Gasteiger partial charge in [-0.15, -0.1) is 0 Å². The molecule has 8 aromatic carbocycles. The number of benzene rings is 8. The fourth-order valence-corrected chi connectivity index (χ4v) is 9.03. The second-order valence-corrected chi connectivity index (χ2v) is 13.9. The lowest BCUT2D eigenvalue weighted by molar-refractivity contribution is 0.794. The molecule has 0 aliphatic heterocycles. The molecule has 2 heteroatoms. The first-order chi connectivity index (χ1) is 25.8. The Labute approximate surface area is 303 Å². The van der Waals surface area contributed by atoms with Gasteiger partial charge in [0.25, 0.3) is 0 Å². The minimum atomic E-state index is -0.353. The highest BCUT2D eigenvalue weighted by Gasteiger charge is 2.51. The summed E-state index contributed by atoms with van der Waals surface area (Å²) >= 11 is 0. The van der Waals surface area contributed by atoms with Crippen LogP contribution in [0.5, 0.6) is 0 Å². The molecule has 2 aliphatic carbocycles. The van der Waals surface area contributed by atoms with Crippen LogP contribution in [0.15, 0.2) is 194 Å². The van der Waals surface area contributed by atoms with Crippen LogP contribution in [-0.2, 0) is 5.41 Å². The molecule has 0 atom stereocenters. The maximum Gasteiger partial charge on any atom is 0.145 e. The molecule has 11 rings (SSSR count). The summed E-state index contributed by atoms with van der Waals surface area (Å²) in [6, 6.07) is 70.8. The van der Waals surface area contributed by atoms with Crippen LogP contribution >= 0.6 is 0 Å². The average Bonchev–Trinajstić information content (AvgIpc) is 3.86. The second-order valence-electron chi connectivity index (χ2n) is 13.9. The van der Waals surface area contributed by atoms with Crippen LogP contribution in [-0.4, -0.2) is 9.55 Å². The topological polar surface area (TPSA) is 17.8 Å². The average molecular weight is 661 g/mol. The molecular formula is C50H32N2. The molecule has 0 saturated heterocycles. The van der Waals surface area contributed by atoms with Crippen molar-refractivity contribution >= 4 is 11.0 Å². The summed E-state index contributed by atoms with van der Waals surface area (Å²) in [5, 5.41) is 0. The molecule has 0 unspecified atom stereocenters. The molecule has 0 saturated carbocycles. The maximum atomic E-state index is 5.17. The van der Waals surface area contributed by atoms with E-state index < -0.39 is 0 Å². The molecular weight excluding hydrogens is 629 g/mol. The Kier molecular flexibility index (Phi) is 6.20. The fourth-order valence-electron chi connectivity index (χ4n) is 9.03. The third-order valence-electron chi connectivity index (χ3n) is 11.2. The standard InChI is InChI=1S/C50H32N2/c1-2-13-33(14-3-1)35-15-12-16-37(31-35)49-51-47-23-10-11-24-48(47)52(49)38-28-25-34(26-29-38)36-27-30-42-41-19-6-9-22-45(41)50(46(42)32-36)43-20-7-4-17-39(43)40-18-5-8-21-44(40)50/h1-32H. The number of hydrogen-bond donors (Lipinski definition) is 0. The Morgan fingerprint density at radius 3 is 1.54 bits per heavy atom. The van der Waals surface area contributed by atoms with Crippen molar-refractivity contribution < 1.29 is 0 Å². The molecule has 1 heterocycles. The van der Waals surface area contributed by atoms with E-state index in [1.807, 2.05) is 0 Å². The van der Waals surface area contributed by atoms with Crippen molar-refractivity contribution in [2.45, 2.75) is 5.41 Å². The van der Waals surface area contributed by atoms with Crippen molar-refractivity contribution in [3.8, 4) is 61.6 Å². The summed E-state index contributed by atoms with van der Waals surface area (Å²) in [5.74, 6) is 0.933. The fraction of sp³-hybridized carbons (Fsp3) is 0.0200. The number of aromatic nitrogens is 2. The van der Waals surface area contributed by atoms with Crippen molar-refractivity contribution in [2.75, 3.05) is 0 Å². The molecule has 1 aromatic heterocycles. The van der Waals surface area contributed by atoms with Crippen LogP contribution in [0.2, 0.25) is 0 Å². The first kappa shape index (κ1) is 29.0. The predicted octanol–water partition coefficient (Wildman–Crippen LogP) is 12.4. The summed E-state index contributed by atoms with van der Waals surface area (Å²) in [5.41, 5.74) is 19.4. The highest BCUT2D eigenvalue weighted by atomic mass is 15.1. The van der Waals surface area contributed by atoms with E-state index in [9.17, 15) is 0 Å². The number of fused-ring (bicyclic) bond motifs is 11. The van der Waals surface area contributed by atoms with Crippen molar-refractivity contribution in [2.24, 2.45) is 0 Å². The highest BCUT2D eigenvalue weighted by molar-refractivity contribution is 5.96. The lowest BCUT2D eigenvalue weighted by Gasteiger charge is -2.30. The van der Waals surface area contributed by atoms with Gasteiger partial charge in [-0.05, 0) is 103 Å². The summed E-state index contributed by atoms with van der Waals surface area (Å²) in [7, 11) is 0. The predicted molar refractivity (Wildman–Crippen MR) is 214 cm³/mol. The number of nitrogens with zero attached hydrogens (tertiary/aromatic N) is 2. The van der Waals surface area contributed by atoms with E-state index in [4.69, 9.17) is 4.98 Å². The Morgan fingerprint density at radius 1 is 0.346 bits per heavy atom. The van der Waals surface area contributed by atoms with E-state index in [0.29, 0.717) is 0 Å². The molecule has 52 heavy (non-hydrogen) atoms. The second kappa shape index (κ2) is 11.1. The number of rotatable bonds is 4. The Bertz CT molecular complexity index is 2780. The van der Waals surface area contributed by atoms with Gasteiger partial charge in [0.1, 0.15) is 5.82 Å². The van der Waals surface area contributed by atoms with Crippen LogP contribution in [0.4, 0.5) is 0 Å². The highest BCUT2D eigenvalue weighted by Crippen LogP contribution is 2.63. The summed E-state index contributed by atoms with van der Waals surface area (Å²) in [6.07, 6.45) is 0. The molecule has 242 valence electrons. The minimum absolute atomic E-state index is 0.353. The van der Waals surface area contributed by atoms with Crippen LogP contribution in [0.1, 0.15) is 22.3 Å². The van der Waals surface area contributed by atoms with E-state index in [-0.39, 0.29) is 5.41 Å². The summed E-state index contributed by atoms with van der Waals surface area (Å²) < 4.78 is 2.30. The smallest absolute Gasteiger partial charge is 0.145 e. The quantitative estimate of drug-likeness (QED) is 0.184. The molecule has 0 radical (unpaired) electrons.